The average molecular weight is 542 g/mol. The van der Waals surface area contributed by atoms with E-state index >= 15 is 0 Å². The van der Waals surface area contributed by atoms with Gasteiger partial charge in [0, 0.05) is 61.0 Å². The zero-order chi connectivity index (χ0) is 25.9. The van der Waals surface area contributed by atoms with Crippen molar-refractivity contribution in [2.24, 2.45) is 11.8 Å². The van der Waals surface area contributed by atoms with Crippen molar-refractivity contribution in [1.82, 2.24) is 14.5 Å². The molecule has 1 unspecified atom stereocenters. The van der Waals surface area contributed by atoms with E-state index < -0.39 is 0 Å². The number of esters is 1. The number of nitrogens with zero attached hydrogens (tertiary/aromatic N) is 3. The summed E-state index contributed by atoms with van der Waals surface area (Å²) in [5.41, 5.74) is 3.96. The molecular formula is C28H35N3O4S2. The van der Waals surface area contributed by atoms with Crippen molar-refractivity contribution in [3.8, 4) is 11.3 Å². The molecule has 0 radical (unpaired) electrons. The van der Waals surface area contributed by atoms with Gasteiger partial charge in [-0.15, -0.1) is 11.8 Å². The fourth-order valence-corrected chi connectivity index (χ4v) is 7.67. The maximum atomic E-state index is 13.7. The number of carbonyl (C=O) groups excluding carboxylic acids is 2. The van der Waals surface area contributed by atoms with Gasteiger partial charge in [0.1, 0.15) is 4.91 Å². The van der Waals surface area contributed by atoms with E-state index in [2.05, 4.69) is 42.0 Å². The summed E-state index contributed by atoms with van der Waals surface area (Å²) in [4.78, 5) is 33.7. The minimum Gasteiger partial charge on any atom is -0.465 e. The molecule has 1 fully saturated rings. The summed E-state index contributed by atoms with van der Waals surface area (Å²) in [7, 11) is 3.04. The number of rotatable bonds is 8. The molecule has 0 N–H and O–H groups in total. The fourth-order valence-electron chi connectivity index (χ4n) is 5.40. The van der Waals surface area contributed by atoms with Crippen molar-refractivity contribution >= 4 is 35.4 Å². The van der Waals surface area contributed by atoms with Gasteiger partial charge < -0.3 is 18.9 Å². The molecule has 0 bridgehead atoms. The lowest BCUT2D eigenvalue weighted by Crippen LogP contribution is -2.39. The summed E-state index contributed by atoms with van der Waals surface area (Å²) < 4.78 is 12.7. The highest BCUT2D eigenvalue weighted by atomic mass is 32.2. The largest absolute Gasteiger partial charge is 0.465 e. The predicted octanol–water partition coefficient (Wildman–Crippen LogP) is 5.52. The Morgan fingerprint density at radius 2 is 1.89 bits per heavy atom. The maximum Gasteiger partial charge on any atom is 0.346 e. The van der Waals surface area contributed by atoms with Crippen molar-refractivity contribution in [3.05, 3.63) is 46.6 Å². The van der Waals surface area contributed by atoms with Crippen LogP contribution in [-0.2, 0) is 25.6 Å². The molecule has 0 spiro atoms. The number of ether oxygens (including phenoxy) is 2. The third kappa shape index (κ3) is 5.64. The summed E-state index contributed by atoms with van der Waals surface area (Å²) in [6, 6.07) is 8.44. The molecule has 5 rings (SSSR count). The lowest BCUT2D eigenvalue weighted by molar-refractivity contribution is -0.136. The Labute approximate surface area is 227 Å². The van der Waals surface area contributed by atoms with Crippen LogP contribution in [0.2, 0.25) is 0 Å². The molecule has 198 valence electrons. The van der Waals surface area contributed by atoms with Crippen molar-refractivity contribution < 1.29 is 19.1 Å². The van der Waals surface area contributed by atoms with E-state index in [0.29, 0.717) is 30.4 Å². The number of benzene rings is 1. The van der Waals surface area contributed by atoms with Crippen LogP contribution in [0.4, 0.5) is 0 Å². The number of thioether (sulfide) groups is 2. The summed E-state index contributed by atoms with van der Waals surface area (Å²) in [6.45, 7) is 4.12. The van der Waals surface area contributed by atoms with Gasteiger partial charge in [-0.25, -0.2) is 9.78 Å². The Morgan fingerprint density at radius 3 is 2.57 bits per heavy atom. The number of carbonyl (C=O) groups is 2. The second-order valence-corrected chi connectivity index (χ2v) is 12.4. The van der Waals surface area contributed by atoms with Crippen LogP contribution in [0.5, 0.6) is 0 Å². The van der Waals surface area contributed by atoms with Gasteiger partial charge in [0.2, 0.25) is 5.91 Å². The van der Waals surface area contributed by atoms with Gasteiger partial charge in [-0.2, -0.15) is 0 Å². The van der Waals surface area contributed by atoms with Gasteiger partial charge in [0.25, 0.3) is 0 Å². The van der Waals surface area contributed by atoms with Crippen molar-refractivity contribution in [1.29, 1.82) is 0 Å². The van der Waals surface area contributed by atoms with Crippen LogP contribution in [0.3, 0.4) is 0 Å². The smallest absolute Gasteiger partial charge is 0.346 e. The number of aromatic nitrogens is 2. The summed E-state index contributed by atoms with van der Waals surface area (Å²) in [6.07, 6.45) is 6.66. The number of hydrogen-bond acceptors (Lipinski definition) is 7. The zero-order valence-electron chi connectivity index (χ0n) is 21.8. The summed E-state index contributed by atoms with van der Waals surface area (Å²) >= 11 is 3.29. The predicted molar refractivity (Wildman–Crippen MR) is 147 cm³/mol. The number of allylic oxidation sites excluding steroid dienone is 1. The molecule has 9 heteroatoms. The molecule has 3 aliphatic rings. The lowest BCUT2D eigenvalue weighted by Gasteiger charge is -2.32. The molecular weight excluding hydrogens is 506 g/mol. The molecule has 1 aliphatic carbocycles. The molecule has 7 nitrogen and oxygen atoms in total. The fraction of sp³-hybridized carbons (Fsp3) is 0.536. The van der Waals surface area contributed by atoms with Gasteiger partial charge in [-0.05, 0) is 37.2 Å². The first kappa shape index (κ1) is 26.4. The summed E-state index contributed by atoms with van der Waals surface area (Å²) in [5.74, 6) is 1.48. The highest BCUT2D eigenvalue weighted by Gasteiger charge is 2.38. The number of imidazole rings is 1. The molecule has 2 aliphatic heterocycles. The SMILES string of the molecule is COCCN(C(=O)C1CCC(C)CC1)C1=C(C(=O)OC)SC(c2ccc(-c3cn4c(n3)SCC4)cc2)C1. The molecule has 37 heavy (non-hydrogen) atoms. The van der Waals surface area contributed by atoms with Crippen LogP contribution in [0.1, 0.15) is 49.8 Å². The van der Waals surface area contributed by atoms with E-state index in [9.17, 15) is 9.59 Å². The van der Waals surface area contributed by atoms with Gasteiger partial charge in [0.15, 0.2) is 5.16 Å². The normalized spacial score (nSPS) is 23.3. The van der Waals surface area contributed by atoms with Crippen LogP contribution in [0.15, 0.2) is 46.2 Å². The molecule has 1 amide bonds. The number of aryl methyl sites for hydroxylation is 1. The Bertz CT molecular complexity index is 1150. The first-order valence-electron chi connectivity index (χ1n) is 13.1. The quantitative estimate of drug-likeness (QED) is 0.408. The van der Waals surface area contributed by atoms with E-state index in [4.69, 9.17) is 14.5 Å². The van der Waals surface area contributed by atoms with Crippen LogP contribution in [0.25, 0.3) is 11.3 Å². The van der Waals surface area contributed by atoms with E-state index in [-0.39, 0.29) is 23.0 Å². The van der Waals surface area contributed by atoms with Crippen LogP contribution < -0.4 is 0 Å². The minimum absolute atomic E-state index is 0.00232. The molecule has 1 aromatic carbocycles. The number of amides is 1. The second kappa shape index (κ2) is 11.7. The topological polar surface area (TPSA) is 73.7 Å². The van der Waals surface area contributed by atoms with Gasteiger partial charge in [0.05, 0.1) is 19.4 Å². The number of fused-ring (bicyclic) bond motifs is 1. The van der Waals surface area contributed by atoms with Crippen molar-refractivity contribution in [3.63, 3.8) is 0 Å². The molecule has 0 saturated heterocycles. The lowest BCUT2D eigenvalue weighted by atomic mass is 9.82. The Balaban J connectivity index is 1.37. The van der Waals surface area contributed by atoms with Crippen LogP contribution >= 0.6 is 23.5 Å². The van der Waals surface area contributed by atoms with E-state index in [1.807, 2.05) is 4.90 Å². The molecule has 3 heterocycles. The van der Waals surface area contributed by atoms with Gasteiger partial charge >= 0.3 is 5.97 Å². The summed E-state index contributed by atoms with van der Waals surface area (Å²) in [5, 5.41) is 1.11. The maximum absolute atomic E-state index is 13.7. The van der Waals surface area contributed by atoms with Crippen molar-refractivity contribution in [2.75, 3.05) is 33.1 Å². The van der Waals surface area contributed by atoms with E-state index in [1.165, 1.54) is 18.9 Å². The standard InChI is InChI=1S/C28H35N3O4S2/c1-18-4-6-21(7-5-18)26(32)31(12-14-34-2)23-16-24(37-25(23)27(33)35-3)20-10-8-19(9-11-20)22-17-30-13-15-36-28(30)29-22/h8-11,17-18,21,24H,4-7,12-16H2,1-3H3. The Kier molecular flexibility index (Phi) is 8.31. The average Bonchev–Trinajstić information content (AvgIpc) is 3.64. The van der Waals surface area contributed by atoms with E-state index in [1.54, 1.807) is 18.9 Å². The highest BCUT2D eigenvalue weighted by Crippen LogP contribution is 2.49. The minimum atomic E-state index is -0.378. The molecule has 1 aromatic heterocycles. The first-order chi connectivity index (χ1) is 18.0. The number of hydrogen-bond donors (Lipinski definition) is 0. The molecule has 2 aromatic rings. The third-order valence-corrected chi connectivity index (χ3v) is 9.96. The third-order valence-electron chi connectivity index (χ3n) is 7.63. The van der Waals surface area contributed by atoms with Crippen molar-refractivity contribution in [2.45, 2.75) is 56.0 Å². The molecule has 1 atom stereocenters. The highest BCUT2D eigenvalue weighted by molar-refractivity contribution is 8.04. The van der Waals surface area contributed by atoms with Gasteiger partial charge in [-0.3, -0.25) is 4.79 Å². The first-order valence-corrected chi connectivity index (χ1v) is 14.9. The zero-order valence-corrected chi connectivity index (χ0v) is 23.4. The van der Waals surface area contributed by atoms with Crippen LogP contribution in [0, 0.1) is 11.8 Å². The second-order valence-electron chi connectivity index (χ2n) is 10.1. The van der Waals surface area contributed by atoms with Gasteiger partial charge in [-0.1, -0.05) is 43.0 Å². The number of methoxy groups -OCH3 is 2. The van der Waals surface area contributed by atoms with E-state index in [0.717, 1.165) is 65.7 Å². The molecule has 1 saturated carbocycles. The Morgan fingerprint density at radius 1 is 1.14 bits per heavy atom. The monoisotopic (exact) mass is 541 g/mol. The Hall–Kier alpha value is -2.23. The van der Waals surface area contributed by atoms with Crippen LogP contribution in [-0.4, -0.2) is 59.5 Å².